The maximum atomic E-state index is 11.5. The zero-order chi connectivity index (χ0) is 11.8. The molecule has 0 bridgehead atoms. The van der Waals surface area contributed by atoms with Gasteiger partial charge >= 0.3 is 5.97 Å². The standard InChI is InChI=1S/C11H14N2O3/c1-7-9(13-6-12-7)11(10(15)16)4-2-8(14)3-5-11/h6H,2-5H2,1H3,(H,12,13)(H,15,16). The van der Waals surface area contributed by atoms with Crippen LogP contribution in [0.15, 0.2) is 6.33 Å². The molecule has 5 nitrogen and oxygen atoms in total. The van der Waals surface area contributed by atoms with Crippen molar-refractivity contribution in [3.63, 3.8) is 0 Å². The third-order valence-electron chi connectivity index (χ3n) is 3.35. The van der Waals surface area contributed by atoms with Crippen LogP contribution in [0.25, 0.3) is 0 Å². The molecule has 0 saturated heterocycles. The van der Waals surface area contributed by atoms with Crippen LogP contribution in [0, 0.1) is 6.92 Å². The molecule has 1 aromatic heterocycles. The van der Waals surface area contributed by atoms with E-state index in [9.17, 15) is 14.7 Å². The molecule has 1 aliphatic carbocycles. The summed E-state index contributed by atoms with van der Waals surface area (Å²) in [5.74, 6) is -0.736. The van der Waals surface area contributed by atoms with Gasteiger partial charge in [0.15, 0.2) is 0 Å². The zero-order valence-electron chi connectivity index (χ0n) is 9.12. The van der Waals surface area contributed by atoms with Gasteiger partial charge in [-0.3, -0.25) is 9.59 Å². The van der Waals surface area contributed by atoms with Gasteiger partial charge in [0.1, 0.15) is 11.2 Å². The fourth-order valence-corrected chi connectivity index (χ4v) is 2.35. The minimum atomic E-state index is -0.974. The van der Waals surface area contributed by atoms with Crippen molar-refractivity contribution in [2.75, 3.05) is 0 Å². The predicted octanol–water partition coefficient (Wildman–Crippen LogP) is 1.18. The smallest absolute Gasteiger partial charge is 0.315 e. The van der Waals surface area contributed by atoms with Crippen LogP contribution in [-0.2, 0) is 15.0 Å². The Kier molecular flexibility index (Phi) is 2.53. The first-order valence-corrected chi connectivity index (χ1v) is 5.32. The normalized spacial score (nSPS) is 19.7. The Morgan fingerprint density at radius 1 is 1.50 bits per heavy atom. The third-order valence-corrected chi connectivity index (χ3v) is 3.35. The number of imidazole rings is 1. The lowest BCUT2D eigenvalue weighted by atomic mass is 9.71. The van der Waals surface area contributed by atoms with Crippen molar-refractivity contribution in [3.05, 3.63) is 17.7 Å². The Labute approximate surface area is 92.9 Å². The molecule has 1 aromatic rings. The van der Waals surface area contributed by atoms with E-state index in [1.165, 1.54) is 6.33 Å². The van der Waals surface area contributed by atoms with Gasteiger partial charge in [0.2, 0.25) is 0 Å². The van der Waals surface area contributed by atoms with E-state index in [0.717, 1.165) is 5.69 Å². The van der Waals surface area contributed by atoms with Gasteiger partial charge in [-0.1, -0.05) is 0 Å². The second kappa shape index (κ2) is 3.73. The van der Waals surface area contributed by atoms with E-state index in [0.29, 0.717) is 31.4 Å². The lowest BCUT2D eigenvalue weighted by molar-refractivity contribution is -0.146. The monoisotopic (exact) mass is 222 g/mol. The summed E-state index contributed by atoms with van der Waals surface area (Å²) >= 11 is 0. The number of rotatable bonds is 2. The SMILES string of the molecule is Cc1[nH]cnc1C1(C(=O)O)CCC(=O)CC1. The summed E-state index contributed by atoms with van der Waals surface area (Å²) in [4.78, 5) is 29.7. The molecule has 0 amide bonds. The van der Waals surface area contributed by atoms with E-state index in [2.05, 4.69) is 9.97 Å². The van der Waals surface area contributed by atoms with Gasteiger partial charge in [-0.15, -0.1) is 0 Å². The van der Waals surface area contributed by atoms with Gasteiger partial charge in [0.25, 0.3) is 0 Å². The summed E-state index contributed by atoms with van der Waals surface area (Å²) in [5.41, 5.74) is 0.377. The molecule has 0 aromatic carbocycles. The number of hydrogen-bond acceptors (Lipinski definition) is 3. The average molecular weight is 222 g/mol. The van der Waals surface area contributed by atoms with Crippen molar-refractivity contribution in [1.29, 1.82) is 0 Å². The van der Waals surface area contributed by atoms with Gasteiger partial charge in [0, 0.05) is 18.5 Å². The summed E-state index contributed by atoms with van der Waals surface area (Å²) in [6, 6.07) is 0. The third kappa shape index (κ3) is 1.52. The molecule has 1 fully saturated rings. The Bertz CT molecular complexity index is 426. The first-order chi connectivity index (χ1) is 7.56. The van der Waals surface area contributed by atoms with Crippen molar-refractivity contribution in [2.45, 2.75) is 38.0 Å². The average Bonchev–Trinajstić information content (AvgIpc) is 2.66. The molecule has 0 unspecified atom stereocenters. The van der Waals surface area contributed by atoms with Gasteiger partial charge in [-0.25, -0.2) is 4.98 Å². The van der Waals surface area contributed by atoms with Crippen LogP contribution in [0.3, 0.4) is 0 Å². The predicted molar refractivity (Wildman–Crippen MR) is 56.1 cm³/mol. The number of carbonyl (C=O) groups excluding carboxylic acids is 1. The molecule has 86 valence electrons. The number of carboxylic acids is 1. The van der Waals surface area contributed by atoms with Crippen molar-refractivity contribution in [1.82, 2.24) is 9.97 Å². The molecule has 16 heavy (non-hydrogen) atoms. The number of nitrogens with one attached hydrogen (secondary N) is 1. The summed E-state index contributed by atoms with van der Waals surface area (Å²) in [6.07, 6.45) is 2.88. The van der Waals surface area contributed by atoms with Crippen LogP contribution in [0.4, 0.5) is 0 Å². The van der Waals surface area contributed by atoms with E-state index in [1.807, 2.05) is 6.92 Å². The van der Waals surface area contributed by atoms with E-state index in [4.69, 9.17) is 0 Å². The van der Waals surface area contributed by atoms with E-state index in [1.54, 1.807) is 0 Å². The maximum Gasteiger partial charge on any atom is 0.315 e. The van der Waals surface area contributed by atoms with E-state index < -0.39 is 11.4 Å². The molecular formula is C11H14N2O3. The molecular weight excluding hydrogens is 208 g/mol. The van der Waals surface area contributed by atoms with E-state index in [-0.39, 0.29) is 5.78 Å². The van der Waals surface area contributed by atoms with Crippen LogP contribution < -0.4 is 0 Å². The highest BCUT2D eigenvalue weighted by atomic mass is 16.4. The van der Waals surface area contributed by atoms with E-state index >= 15 is 0 Å². The van der Waals surface area contributed by atoms with Crippen LogP contribution in [0.1, 0.15) is 37.1 Å². The molecule has 0 aliphatic heterocycles. The Hall–Kier alpha value is -1.65. The van der Waals surface area contributed by atoms with Crippen LogP contribution in [0.2, 0.25) is 0 Å². The largest absolute Gasteiger partial charge is 0.481 e. The minimum Gasteiger partial charge on any atom is -0.481 e. The summed E-state index contributed by atoms with van der Waals surface area (Å²) < 4.78 is 0. The van der Waals surface area contributed by atoms with Crippen molar-refractivity contribution in [2.24, 2.45) is 0 Å². The van der Waals surface area contributed by atoms with Gasteiger partial charge in [0.05, 0.1) is 12.0 Å². The second-order valence-corrected chi connectivity index (χ2v) is 4.30. The highest BCUT2D eigenvalue weighted by Crippen LogP contribution is 2.38. The highest BCUT2D eigenvalue weighted by molar-refractivity contribution is 5.87. The lowest BCUT2D eigenvalue weighted by Gasteiger charge is -2.31. The van der Waals surface area contributed by atoms with Crippen LogP contribution in [-0.4, -0.2) is 26.8 Å². The lowest BCUT2D eigenvalue weighted by Crippen LogP contribution is -2.40. The molecule has 0 spiro atoms. The number of aliphatic carboxylic acids is 1. The first kappa shape index (κ1) is 10.9. The summed E-state index contributed by atoms with van der Waals surface area (Å²) in [5, 5.41) is 9.41. The van der Waals surface area contributed by atoms with Gasteiger partial charge in [-0.05, 0) is 19.8 Å². The number of H-pyrrole nitrogens is 1. The first-order valence-electron chi connectivity index (χ1n) is 5.32. The summed E-state index contributed by atoms with van der Waals surface area (Å²) in [6.45, 7) is 1.81. The van der Waals surface area contributed by atoms with Crippen molar-refractivity contribution < 1.29 is 14.7 Å². The highest BCUT2D eigenvalue weighted by Gasteiger charge is 2.45. The number of aryl methyl sites for hydroxylation is 1. The molecule has 5 heteroatoms. The number of aromatic nitrogens is 2. The minimum absolute atomic E-state index is 0.144. The second-order valence-electron chi connectivity index (χ2n) is 4.30. The summed E-state index contributed by atoms with van der Waals surface area (Å²) in [7, 11) is 0. The number of carbonyl (C=O) groups is 2. The number of Topliss-reactive ketones (excluding diaryl/α,β-unsaturated/α-hetero) is 1. The molecule has 1 aliphatic rings. The number of ketones is 1. The van der Waals surface area contributed by atoms with Crippen molar-refractivity contribution in [3.8, 4) is 0 Å². The number of aromatic amines is 1. The fraction of sp³-hybridized carbons (Fsp3) is 0.545. The van der Waals surface area contributed by atoms with Gasteiger partial charge < -0.3 is 10.1 Å². The number of nitrogens with zero attached hydrogens (tertiary/aromatic N) is 1. The Balaban J connectivity index is 2.41. The Morgan fingerprint density at radius 2 is 2.12 bits per heavy atom. The maximum absolute atomic E-state index is 11.5. The fourth-order valence-electron chi connectivity index (χ4n) is 2.35. The van der Waals surface area contributed by atoms with Crippen LogP contribution in [0.5, 0.6) is 0 Å². The zero-order valence-corrected chi connectivity index (χ0v) is 9.12. The van der Waals surface area contributed by atoms with Crippen molar-refractivity contribution >= 4 is 11.8 Å². The molecule has 0 radical (unpaired) electrons. The molecule has 2 N–H and O–H groups in total. The number of hydrogen-bond donors (Lipinski definition) is 2. The van der Waals surface area contributed by atoms with Crippen LogP contribution >= 0.6 is 0 Å². The molecule has 1 heterocycles. The quantitative estimate of drug-likeness (QED) is 0.787. The molecule has 2 rings (SSSR count). The number of carboxylic acid groups (broad SMARTS) is 1. The topological polar surface area (TPSA) is 83.1 Å². The Morgan fingerprint density at radius 3 is 2.56 bits per heavy atom. The molecule has 1 saturated carbocycles. The van der Waals surface area contributed by atoms with Gasteiger partial charge in [-0.2, -0.15) is 0 Å². The molecule has 0 atom stereocenters.